The lowest BCUT2D eigenvalue weighted by molar-refractivity contribution is -0.141. The van der Waals surface area contributed by atoms with Crippen LogP contribution in [0, 0.1) is 5.82 Å². The lowest BCUT2D eigenvalue weighted by Gasteiger charge is -2.14. The van der Waals surface area contributed by atoms with Gasteiger partial charge in [-0.2, -0.15) is 13.2 Å². The molecule has 29 heavy (non-hydrogen) atoms. The summed E-state index contributed by atoms with van der Waals surface area (Å²) in [7, 11) is 0. The van der Waals surface area contributed by atoms with Gasteiger partial charge in [0, 0.05) is 24.0 Å². The lowest BCUT2D eigenvalue weighted by Crippen LogP contribution is -2.25. The Balaban J connectivity index is 1.87. The molecule has 1 aromatic carbocycles. The van der Waals surface area contributed by atoms with Crippen molar-refractivity contribution < 1.29 is 22.4 Å². The molecule has 2 aromatic heterocycles. The highest BCUT2D eigenvalue weighted by Crippen LogP contribution is 2.32. The zero-order chi connectivity index (χ0) is 21.0. The normalized spacial score (nSPS) is 11.3. The van der Waals surface area contributed by atoms with E-state index in [-0.39, 0.29) is 35.2 Å². The molecule has 0 radical (unpaired) electrons. The first-order valence-corrected chi connectivity index (χ1v) is 8.81. The van der Waals surface area contributed by atoms with Crippen LogP contribution in [0.4, 0.5) is 17.6 Å². The Labute approximate surface area is 168 Å². The molecule has 2 heterocycles. The SMILES string of the molecule is O=C(Cc1ccccn1)NCc1ccc(C(F)(F)F)nc1-c1ccc(F)c(Cl)c1. The van der Waals surface area contributed by atoms with E-state index in [0.717, 1.165) is 12.1 Å². The van der Waals surface area contributed by atoms with E-state index in [1.54, 1.807) is 24.4 Å². The van der Waals surface area contributed by atoms with Crippen LogP contribution in [0.15, 0.2) is 54.7 Å². The van der Waals surface area contributed by atoms with Gasteiger partial charge in [0.15, 0.2) is 0 Å². The maximum Gasteiger partial charge on any atom is 0.433 e. The van der Waals surface area contributed by atoms with Crippen molar-refractivity contribution in [2.24, 2.45) is 0 Å². The van der Waals surface area contributed by atoms with E-state index in [2.05, 4.69) is 15.3 Å². The van der Waals surface area contributed by atoms with Crippen molar-refractivity contribution >= 4 is 17.5 Å². The zero-order valence-corrected chi connectivity index (χ0v) is 15.6. The van der Waals surface area contributed by atoms with E-state index < -0.39 is 17.7 Å². The number of pyridine rings is 2. The number of amides is 1. The molecule has 0 aliphatic heterocycles. The van der Waals surface area contributed by atoms with Crippen LogP contribution < -0.4 is 5.32 Å². The number of nitrogens with zero attached hydrogens (tertiary/aromatic N) is 2. The molecule has 3 rings (SSSR count). The van der Waals surface area contributed by atoms with Crippen molar-refractivity contribution in [3.05, 3.63) is 82.5 Å². The van der Waals surface area contributed by atoms with Gasteiger partial charge in [0.1, 0.15) is 11.5 Å². The van der Waals surface area contributed by atoms with Crippen molar-refractivity contribution in [1.29, 1.82) is 0 Å². The molecule has 0 aliphatic rings. The zero-order valence-electron chi connectivity index (χ0n) is 14.8. The fraction of sp³-hybridized carbons (Fsp3) is 0.150. The first-order chi connectivity index (χ1) is 13.7. The minimum absolute atomic E-state index is 0.0204. The molecule has 0 bridgehead atoms. The number of nitrogens with one attached hydrogen (secondary N) is 1. The number of carbonyl (C=O) groups excluding carboxylic acids is 1. The predicted molar refractivity (Wildman–Crippen MR) is 99.4 cm³/mol. The van der Waals surface area contributed by atoms with Crippen LogP contribution in [0.25, 0.3) is 11.3 Å². The van der Waals surface area contributed by atoms with E-state index >= 15 is 0 Å². The van der Waals surface area contributed by atoms with E-state index in [0.29, 0.717) is 11.3 Å². The van der Waals surface area contributed by atoms with Gasteiger partial charge in [-0.25, -0.2) is 9.37 Å². The second kappa shape index (κ2) is 8.57. The van der Waals surface area contributed by atoms with E-state index in [9.17, 15) is 22.4 Å². The minimum Gasteiger partial charge on any atom is -0.352 e. The molecule has 0 fully saturated rings. The van der Waals surface area contributed by atoms with Gasteiger partial charge in [0.2, 0.25) is 5.91 Å². The maximum atomic E-state index is 13.4. The second-order valence-electron chi connectivity index (χ2n) is 6.11. The fourth-order valence-corrected chi connectivity index (χ4v) is 2.79. The smallest absolute Gasteiger partial charge is 0.352 e. The van der Waals surface area contributed by atoms with Gasteiger partial charge < -0.3 is 5.32 Å². The lowest BCUT2D eigenvalue weighted by atomic mass is 10.0. The number of alkyl halides is 3. The highest BCUT2D eigenvalue weighted by molar-refractivity contribution is 6.31. The molecule has 0 saturated carbocycles. The van der Waals surface area contributed by atoms with Crippen LogP contribution in [0.2, 0.25) is 5.02 Å². The molecule has 1 amide bonds. The largest absolute Gasteiger partial charge is 0.433 e. The number of hydrogen-bond acceptors (Lipinski definition) is 3. The van der Waals surface area contributed by atoms with Crippen LogP contribution in [0.3, 0.4) is 0 Å². The predicted octanol–water partition coefficient (Wildman–Crippen LogP) is 4.81. The summed E-state index contributed by atoms with van der Waals surface area (Å²) in [5.74, 6) is -1.06. The average Bonchev–Trinajstić information content (AvgIpc) is 2.68. The number of carbonyl (C=O) groups is 1. The number of hydrogen-bond donors (Lipinski definition) is 1. The van der Waals surface area contributed by atoms with Gasteiger partial charge in [-0.15, -0.1) is 0 Å². The van der Waals surface area contributed by atoms with E-state index in [1.807, 2.05) is 0 Å². The van der Waals surface area contributed by atoms with Crippen LogP contribution >= 0.6 is 11.6 Å². The maximum absolute atomic E-state index is 13.4. The summed E-state index contributed by atoms with van der Waals surface area (Å²) in [5, 5.41) is 2.39. The first kappa shape index (κ1) is 20.7. The fourth-order valence-electron chi connectivity index (χ4n) is 2.61. The minimum atomic E-state index is -4.65. The van der Waals surface area contributed by atoms with Gasteiger partial charge in [0.25, 0.3) is 0 Å². The molecule has 4 nitrogen and oxygen atoms in total. The van der Waals surface area contributed by atoms with Crippen molar-refractivity contribution in [3.63, 3.8) is 0 Å². The van der Waals surface area contributed by atoms with Crippen molar-refractivity contribution in [2.75, 3.05) is 0 Å². The summed E-state index contributed by atoms with van der Waals surface area (Å²) in [5.41, 5.74) is -0.0519. The Morgan fingerprint density at radius 1 is 1.10 bits per heavy atom. The molecule has 0 saturated heterocycles. The van der Waals surface area contributed by atoms with Gasteiger partial charge in [-0.1, -0.05) is 23.7 Å². The Morgan fingerprint density at radius 3 is 2.55 bits per heavy atom. The van der Waals surface area contributed by atoms with Crippen molar-refractivity contribution in [3.8, 4) is 11.3 Å². The standard InChI is InChI=1S/C20H14ClF4N3O/c21-15-9-12(4-6-16(15)22)19-13(5-7-17(28-19)20(23,24)25)11-27-18(29)10-14-3-1-2-8-26-14/h1-9H,10-11H2,(H,27,29). The molecule has 1 N–H and O–H groups in total. The summed E-state index contributed by atoms with van der Waals surface area (Å²) < 4.78 is 52.7. The number of aromatic nitrogens is 2. The third-order valence-electron chi connectivity index (χ3n) is 4.01. The van der Waals surface area contributed by atoms with Crippen LogP contribution in [-0.2, 0) is 23.9 Å². The summed E-state index contributed by atoms with van der Waals surface area (Å²) >= 11 is 5.76. The van der Waals surface area contributed by atoms with Crippen molar-refractivity contribution in [2.45, 2.75) is 19.1 Å². The Hall–Kier alpha value is -3.00. The molecule has 9 heteroatoms. The summed E-state index contributed by atoms with van der Waals surface area (Å²) in [4.78, 5) is 19.9. The number of benzene rings is 1. The summed E-state index contributed by atoms with van der Waals surface area (Å²) in [6, 6.07) is 10.7. The van der Waals surface area contributed by atoms with E-state index in [4.69, 9.17) is 11.6 Å². The highest BCUT2D eigenvalue weighted by Gasteiger charge is 2.33. The third kappa shape index (κ3) is 5.29. The van der Waals surface area contributed by atoms with Crippen molar-refractivity contribution in [1.82, 2.24) is 15.3 Å². The average molecular weight is 424 g/mol. The third-order valence-corrected chi connectivity index (χ3v) is 4.30. The van der Waals surface area contributed by atoms with Crippen LogP contribution in [0.5, 0.6) is 0 Å². The van der Waals surface area contributed by atoms with Crippen LogP contribution in [-0.4, -0.2) is 15.9 Å². The van der Waals surface area contributed by atoms with Gasteiger partial charge in [0.05, 0.1) is 17.1 Å². The summed E-state index contributed by atoms with van der Waals surface area (Å²) in [6.07, 6.45) is -3.08. The van der Waals surface area contributed by atoms with Crippen LogP contribution in [0.1, 0.15) is 17.0 Å². The Kier molecular flexibility index (Phi) is 6.12. The molecular weight excluding hydrogens is 410 g/mol. The molecule has 150 valence electrons. The second-order valence-corrected chi connectivity index (χ2v) is 6.51. The monoisotopic (exact) mass is 423 g/mol. The molecular formula is C20H14ClF4N3O. The highest BCUT2D eigenvalue weighted by atomic mass is 35.5. The number of rotatable bonds is 5. The van der Waals surface area contributed by atoms with Gasteiger partial charge in [-0.05, 0) is 42.0 Å². The molecule has 0 atom stereocenters. The molecule has 3 aromatic rings. The summed E-state index contributed by atoms with van der Waals surface area (Å²) in [6.45, 7) is -0.0683. The number of halogens is 5. The van der Waals surface area contributed by atoms with Gasteiger partial charge in [-0.3, -0.25) is 9.78 Å². The Bertz CT molecular complexity index is 1030. The van der Waals surface area contributed by atoms with Gasteiger partial charge >= 0.3 is 6.18 Å². The molecule has 0 spiro atoms. The first-order valence-electron chi connectivity index (χ1n) is 8.43. The Morgan fingerprint density at radius 2 is 1.90 bits per heavy atom. The topological polar surface area (TPSA) is 54.9 Å². The molecule has 0 unspecified atom stereocenters. The molecule has 0 aliphatic carbocycles. The van der Waals surface area contributed by atoms with E-state index in [1.165, 1.54) is 18.2 Å². The quantitative estimate of drug-likeness (QED) is 0.599.